The number of fused-ring (bicyclic) bond motifs is 3. The molecule has 3 aromatic rings. The van der Waals surface area contributed by atoms with Crippen LogP contribution in [0.25, 0.3) is 11.1 Å². The number of aromatic hydroxyl groups is 1. The number of hydrogen-bond donors (Lipinski definition) is 4. The molecule has 0 saturated carbocycles. The summed E-state index contributed by atoms with van der Waals surface area (Å²) in [5.41, 5.74) is 5.53. The first-order chi connectivity index (χ1) is 16.9. The zero-order valence-electron chi connectivity index (χ0n) is 20.0. The van der Waals surface area contributed by atoms with Gasteiger partial charge in [-0.05, 0) is 42.2 Å². The molecule has 35 heavy (non-hydrogen) atoms. The number of phenolic OH excluding ortho intramolecular Hbond substituents is 1. The molecule has 0 saturated heterocycles. The monoisotopic (exact) mass is 476 g/mol. The fraction of sp³-hybridized carbons (Fsp3) is 0.321. The molecule has 0 aromatic heterocycles. The van der Waals surface area contributed by atoms with E-state index >= 15 is 0 Å². The maximum absolute atomic E-state index is 12.4. The number of alkyl carbamates (subject to hydrolysis) is 1. The summed E-state index contributed by atoms with van der Waals surface area (Å²) < 4.78 is 5.47. The molecule has 4 N–H and O–H groups in total. The van der Waals surface area contributed by atoms with Crippen LogP contribution in [0.2, 0.25) is 0 Å². The van der Waals surface area contributed by atoms with E-state index in [1.54, 1.807) is 18.2 Å². The third-order valence-electron chi connectivity index (χ3n) is 6.62. The Morgan fingerprint density at radius 1 is 0.971 bits per heavy atom. The summed E-state index contributed by atoms with van der Waals surface area (Å²) in [6.07, 6.45) is -3.37. The highest BCUT2D eigenvalue weighted by Crippen LogP contribution is 2.44. The highest BCUT2D eigenvalue weighted by molar-refractivity contribution is 5.79. The Bertz CT molecular complexity index is 1130. The number of hydrogen-bond acceptors (Lipinski definition) is 6. The maximum Gasteiger partial charge on any atom is 0.407 e. The SMILES string of the molecule is CCN(CC)c1ccc(C(O)C(O)CNC(=O)OCC2c3ccccc3-c3ccccc32)c(O)c1. The van der Waals surface area contributed by atoms with Crippen LogP contribution in [0.4, 0.5) is 10.5 Å². The summed E-state index contributed by atoms with van der Waals surface area (Å²) in [6.45, 7) is 5.53. The van der Waals surface area contributed by atoms with Gasteiger partial charge in [0.1, 0.15) is 24.6 Å². The van der Waals surface area contributed by atoms with Crippen molar-refractivity contribution in [3.8, 4) is 16.9 Å². The Hall–Kier alpha value is -3.55. The Morgan fingerprint density at radius 3 is 2.14 bits per heavy atom. The first-order valence-corrected chi connectivity index (χ1v) is 12.0. The second kappa shape index (κ2) is 10.8. The van der Waals surface area contributed by atoms with Crippen LogP contribution < -0.4 is 10.2 Å². The normalized spacial score (nSPS) is 14.1. The van der Waals surface area contributed by atoms with Crippen molar-refractivity contribution in [3.05, 3.63) is 83.4 Å². The number of ether oxygens (including phenoxy) is 1. The van der Waals surface area contributed by atoms with E-state index in [0.717, 1.165) is 41.0 Å². The summed E-state index contributed by atoms with van der Waals surface area (Å²) in [6, 6.07) is 21.1. The van der Waals surface area contributed by atoms with Crippen molar-refractivity contribution in [2.24, 2.45) is 0 Å². The van der Waals surface area contributed by atoms with E-state index in [-0.39, 0.29) is 30.4 Å². The average Bonchev–Trinajstić information content (AvgIpc) is 3.20. The minimum Gasteiger partial charge on any atom is -0.507 e. The summed E-state index contributed by atoms with van der Waals surface area (Å²) in [4.78, 5) is 14.4. The Kier molecular flexibility index (Phi) is 7.58. The molecule has 7 nitrogen and oxygen atoms in total. The third-order valence-corrected chi connectivity index (χ3v) is 6.62. The van der Waals surface area contributed by atoms with Crippen LogP contribution in [0.15, 0.2) is 66.7 Å². The molecule has 1 aliphatic rings. The van der Waals surface area contributed by atoms with Crippen LogP contribution in [0.1, 0.15) is 42.6 Å². The number of benzene rings is 3. The lowest BCUT2D eigenvalue weighted by atomic mass is 9.98. The minimum atomic E-state index is -1.37. The van der Waals surface area contributed by atoms with Crippen LogP contribution in [0.3, 0.4) is 0 Å². The number of carbonyl (C=O) groups is 1. The van der Waals surface area contributed by atoms with Crippen molar-refractivity contribution in [1.82, 2.24) is 5.32 Å². The minimum absolute atomic E-state index is 0.0649. The van der Waals surface area contributed by atoms with Crippen molar-refractivity contribution in [2.75, 3.05) is 31.1 Å². The first-order valence-electron chi connectivity index (χ1n) is 12.0. The molecular weight excluding hydrogens is 444 g/mol. The van der Waals surface area contributed by atoms with E-state index in [2.05, 4.69) is 22.3 Å². The van der Waals surface area contributed by atoms with E-state index in [9.17, 15) is 20.1 Å². The lowest BCUT2D eigenvalue weighted by Gasteiger charge is -2.24. The number of aliphatic hydroxyl groups excluding tert-OH is 2. The molecule has 0 fully saturated rings. The van der Waals surface area contributed by atoms with E-state index in [1.807, 2.05) is 50.2 Å². The number of rotatable bonds is 9. The van der Waals surface area contributed by atoms with Gasteiger partial charge in [-0.3, -0.25) is 0 Å². The molecule has 2 atom stereocenters. The molecule has 0 radical (unpaired) electrons. The first kappa shape index (κ1) is 24.6. The smallest absolute Gasteiger partial charge is 0.407 e. The molecule has 3 aromatic carbocycles. The summed E-state index contributed by atoms with van der Waals surface area (Å²) in [5, 5.41) is 33.8. The van der Waals surface area contributed by atoms with Gasteiger partial charge >= 0.3 is 6.09 Å². The second-order valence-corrected chi connectivity index (χ2v) is 8.63. The van der Waals surface area contributed by atoms with Crippen molar-refractivity contribution >= 4 is 11.8 Å². The van der Waals surface area contributed by atoms with Crippen LogP contribution in [-0.2, 0) is 4.74 Å². The van der Waals surface area contributed by atoms with E-state index in [0.29, 0.717) is 0 Å². The van der Waals surface area contributed by atoms with Gasteiger partial charge in [0.15, 0.2) is 0 Å². The molecule has 0 heterocycles. The highest BCUT2D eigenvalue weighted by atomic mass is 16.5. The van der Waals surface area contributed by atoms with Gasteiger partial charge in [0.2, 0.25) is 0 Å². The zero-order chi connectivity index (χ0) is 24.9. The molecule has 2 unspecified atom stereocenters. The molecule has 7 heteroatoms. The number of amides is 1. The van der Waals surface area contributed by atoms with E-state index in [1.165, 1.54) is 0 Å². The maximum atomic E-state index is 12.4. The Morgan fingerprint density at radius 2 is 1.57 bits per heavy atom. The molecular formula is C28H32N2O5. The topological polar surface area (TPSA) is 102 Å². The van der Waals surface area contributed by atoms with Gasteiger partial charge < -0.3 is 30.3 Å². The second-order valence-electron chi connectivity index (χ2n) is 8.63. The molecule has 0 spiro atoms. The van der Waals surface area contributed by atoms with Crippen molar-refractivity contribution in [1.29, 1.82) is 0 Å². The van der Waals surface area contributed by atoms with Gasteiger partial charge in [-0.1, -0.05) is 54.6 Å². The molecule has 1 aliphatic carbocycles. The van der Waals surface area contributed by atoms with Gasteiger partial charge in [-0.2, -0.15) is 0 Å². The van der Waals surface area contributed by atoms with Crippen LogP contribution in [0, 0.1) is 0 Å². The molecule has 0 bridgehead atoms. The summed E-state index contributed by atoms with van der Waals surface area (Å²) in [7, 11) is 0. The number of carbonyl (C=O) groups excluding carboxylic acids is 1. The van der Waals surface area contributed by atoms with Crippen molar-refractivity contribution < 1.29 is 24.9 Å². The van der Waals surface area contributed by atoms with Crippen LogP contribution in [0.5, 0.6) is 5.75 Å². The van der Waals surface area contributed by atoms with E-state index in [4.69, 9.17) is 4.74 Å². The van der Waals surface area contributed by atoms with Crippen LogP contribution in [-0.4, -0.2) is 53.8 Å². The lowest BCUT2D eigenvalue weighted by Crippen LogP contribution is -2.36. The number of phenols is 1. The van der Waals surface area contributed by atoms with Gasteiger partial charge in [-0.25, -0.2) is 4.79 Å². The summed E-state index contributed by atoms with van der Waals surface area (Å²) >= 11 is 0. The van der Waals surface area contributed by atoms with Gasteiger partial charge in [0.25, 0.3) is 0 Å². The van der Waals surface area contributed by atoms with Crippen LogP contribution >= 0.6 is 0 Å². The van der Waals surface area contributed by atoms with Gasteiger partial charge in [0, 0.05) is 42.9 Å². The zero-order valence-corrected chi connectivity index (χ0v) is 20.0. The average molecular weight is 477 g/mol. The van der Waals surface area contributed by atoms with E-state index < -0.39 is 18.3 Å². The molecule has 184 valence electrons. The largest absolute Gasteiger partial charge is 0.507 e. The predicted octanol–water partition coefficient (Wildman–Crippen LogP) is 4.17. The predicted molar refractivity (Wildman–Crippen MR) is 136 cm³/mol. The standard InChI is InChI=1S/C28H32N2O5/c1-3-30(4-2)18-13-14-23(25(31)15-18)27(33)26(32)16-29-28(34)35-17-24-21-11-7-5-9-19(21)20-10-6-8-12-22(20)24/h5-15,24,26-27,31-33H,3-4,16-17H2,1-2H3,(H,29,34). The fourth-order valence-corrected chi connectivity index (χ4v) is 4.72. The quantitative estimate of drug-likeness (QED) is 0.370. The van der Waals surface area contributed by atoms with Crippen molar-refractivity contribution in [2.45, 2.75) is 32.0 Å². The number of nitrogens with one attached hydrogen (secondary N) is 1. The third kappa shape index (κ3) is 5.11. The van der Waals surface area contributed by atoms with Crippen molar-refractivity contribution in [3.63, 3.8) is 0 Å². The number of nitrogens with zero attached hydrogens (tertiary/aromatic N) is 1. The number of anilines is 1. The molecule has 4 rings (SSSR count). The fourth-order valence-electron chi connectivity index (χ4n) is 4.72. The van der Waals surface area contributed by atoms with Gasteiger partial charge in [0.05, 0.1) is 0 Å². The Labute approximate surface area is 205 Å². The molecule has 0 aliphatic heterocycles. The summed E-state index contributed by atoms with van der Waals surface area (Å²) in [5.74, 6) is -0.174. The number of aliphatic hydroxyl groups is 2. The Balaban J connectivity index is 1.33. The van der Waals surface area contributed by atoms with Gasteiger partial charge in [-0.15, -0.1) is 0 Å². The molecule has 1 amide bonds. The lowest BCUT2D eigenvalue weighted by molar-refractivity contribution is 0.0173. The highest BCUT2D eigenvalue weighted by Gasteiger charge is 2.29.